The number of amides is 2. The molecular weight excluding hydrogens is 375 g/mol. The van der Waals surface area contributed by atoms with Gasteiger partial charge in [0.1, 0.15) is 5.75 Å². The second-order valence-corrected chi connectivity index (χ2v) is 6.48. The predicted molar refractivity (Wildman–Crippen MR) is 104 cm³/mol. The van der Waals surface area contributed by atoms with Gasteiger partial charge in [0, 0.05) is 7.05 Å². The average molecular weight is 395 g/mol. The molecule has 2 amide bonds. The van der Waals surface area contributed by atoms with Crippen LogP contribution in [0.25, 0.3) is 0 Å². The zero-order chi connectivity index (χ0) is 19.1. The van der Waals surface area contributed by atoms with Crippen LogP contribution in [0.15, 0.2) is 48.5 Å². The molecule has 2 aromatic carbocycles. The van der Waals surface area contributed by atoms with Gasteiger partial charge in [0.2, 0.25) is 5.91 Å². The van der Waals surface area contributed by atoms with Crippen LogP contribution in [0.2, 0.25) is 10.0 Å². The van der Waals surface area contributed by atoms with E-state index in [0.717, 1.165) is 0 Å². The lowest BCUT2D eigenvalue weighted by Crippen LogP contribution is -2.43. The zero-order valence-corrected chi connectivity index (χ0v) is 16.1. The largest absolute Gasteiger partial charge is 0.481 e. The monoisotopic (exact) mass is 394 g/mol. The molecule has 0 radical (unpaired) electrons. The second-order valence-electron chi connectivity index (χ2n) is 5.67. The Morgan fingerprint density at radius 2 is 1.69 bits per heavy atom. The van der Waals surface area contributed by atoms with E-state index < -0.39 is 12.0 Å². The minimum atomic E-state index is -0.667. The Balaban J connectivity index is 1.97. The third-order valence-electron chi connectivity index (χ3n) is 3.65. The van der Waals surface area contributed by atoms with Gasteiger partial charge < -0.3 is 15.0 Å². The number of halogens is 2. The smallest absolute Gasteiger partial charge is 0.263 e. The van der Waals surface area contributed by atoms with E-state index in [0.29, 0.717) is 27.9 Å². The highest BCUT2D eigenvalue weighted by atomic mass is 35.5. The average Bonchev–Trinajstić information content (AvgIpc) is 2.63. The maximum absolute atomic E-state index is 12.6. The van der Waals surface area contributed by atoms with Gasteiger partial charge in [-0.1, -0.05) is 54.4 Å². The van der Waals surface area contributed by atoms with Crippen molar-refractivity contribution in [3.63, 3.8) is 0 Å². The summed E-state index contributed by atoms with van der Waals surface area (Å²) in [5, 5.41) is 3.30. The number of nitrogens with zero attached hydrogens (tertiary/aromatic N) is 1. The van der Waals surface area contributed by atoms with Crippen molar-refractivity contribution in [3.05, 3.63) is 58.6 Å². The van der Waals surface area contributed by atoms with Gasteiger partial charge in [-0.3, -0.25) is 9.59 Å². The van der Waals surface area contributed by atoms with Crippen molar-refractivity contribution in [1.82, 2.24) is 4.90 Å². The van der Waals surface area contributed by atoms with E-state index in [4.69, 9.17) is 27.9 Å². The zero-order valence-electron chi connectivity index (χ0n) is 14.5. The Labute approximate surface area is 162 Å². The molecule has 0 aliphatic heterocycles. The number of likely N-dealkylation sites (N-methyl/N-ethyl adjacent to an activating group) is 1. The molecule has 0 aromatic heterocycles. The molecule has 2 aromatic rings. The minimum absolute atomic E-state index is 0.144. The normalized spacial score (nSPS) is 11.5. The number of carbonyl (C=O) groups is 2. The van der Waals surface area contributed by atoms with Gasteiger partial charge in [0.25, 0.3) is 5.91 Å². The van der Waals surface area contributed by atoms with Crippen LogP contribution in [-0.2, 0) is 9.59 Å². The van der Waals surface area contributed by atoms with Gasteiger partial charge in [-0.05, 0) is 30.7 Å². The molecule has 0 heterocycles. The molecule has 2 rings (SSSR count). The van der Waals surface area contributed by atoms with E-state index in [1.165, 1.54) is 4.90 Å². The van der Waals surface area contributed by atoms with Gasteiger partial charge >= 0.3 is 0 Å². The number of benzene rings is 2. The maximum Gasteiger partial charge on any atom is 0.263 e. The standard InChI is InChI=1S/C19H20Cl2N2O3/c1-3-16(26-13-8-5-4-6-9-13)19(25)23(2)12-17(24)22-18-14(20)10-7-11-15(18)21/h4-11,16H,3,12H2,1-2H3,(H,22,24)/t16-/m1/s1. The van der Waals surface area contributed by atoms with E-state index in [9.17, 15) is 9.59 Å². The molecule has 138 valence electrons. The summed E-state index contributed by atoms with van der Waals surface area (Å²) in [6.45, 7) is 1.71. The summed E-state index contributed by atoms with van der Waals surface area (Å²) in [5.41, 5.74) is 0.328. The van der Waals surface area contributed by atoms with Crippen molar-refractivity contribution in [2.45, 2.75) is 19.4 Å². The highest BCUT2D eigenvalue weighted by Gasteiger charge is 2.24. The van der Waals surface area contributed by atoms with Crippen LogP contribution in [0.5, 0.6) is 5.75 Å². The second kappa shape index (κ2) is 9.46. The fourth-order valence-electron chi connectivity index (χ4n) is 2.31. The van der Waals surface area contributed by atoms with Crippen molar-refractivity contribution in [1.29, 1.82) is 0 Å². The van der Waals surface area contributed by atoms with Crippen molar-refractivity contribution in [3.8, 4) is 5.75 Å². The predicted octanol–water partition coefficient (Wildman–Crippen LogP) is 4.25. The molecule has 0 fully saturated rings. The van der Waals surface area contributed by atoms with E-state index in [1.807, 2.05) is 25.1 Å². The van der Waals surface area contributed by atoms with E-state index in [1.54, 1.807) is 37.4 Å². The van der Waals surface area contributed by atoms with Crippen molar-refractivity contribution < 1.29 is 14.3 Å². The minimum Gasteiger partial charge on any atom is -0.481 e. The van der Waals surface area contributed by atoms with E-state index >= 15 is 0 Å². The van der Waals surface area contributed by atoms with Gasteiger partial charge in [-0.25, -0.2) is 0 Å². The van der Waals surface area contributed by atoms with E-state index in [-0.39, 0.29) is 12.5 Å². The molecular formula is C19H20Cl2N2O3. The Kier molecular flexibility index (Phi) is 7.30. The molecule has 0 aliphatic rings. The van der Waals surface area contributed by atoms with Crippen LogP contribution in [0.1, 0.15) is 13.3 Å². The highest BCUT2D eigenvalue weighted by molar-refractivity contribution is 6.39. The maximum atomic E-state index is 12.6. The van der Waals surface area contributed by atoms with Crippen LogP contribution in [0.3, 0.4) is 0 Å². The first kappa shape index (κ1) is 20.1. The summed E-state index contributed by atoms with van der Waals surface area (Å²) in [4.78, 5) is 26.1. The van der Waals surface area contributed by atoms with Crippen LogP contribution in [0, 0.1) is 0 Å². The first-order valence-corrected chi connectivity index (χ1v) is 8.88. The molecule has 0 spiro atoms. The summed E-state index contributed by atoms with van der Waals surface area (Å²) in [5.74, 6) is -0.0735. The number of ether oxygens (including phenoxy) is 1. The summed E-state index contributed by atoms with van der Waals surface area (Å²) >= 11 is 12.1. The molecule has 26 heavy (non-hydrogen) atoms. The SMILES string of the molecule is CC[C@@H](Oc1ccccc1)C(=O)N(C)CC(=O)Nc1c(Cl)cccc1Cl. The van der Waals surface area contributed by atoms with Gasteiger partial charge in [-0.2, -0.15) is 0 Å². The number of hydrogen-bond acceptors (Lipinski definition) is 3. The van der Waals surface area contributed by atoms with Crippen LogP contribution in [0.4, 0.5) is 5.69 Å². The number of carbonyl (C=O) groups excluding carboxylic acids is 2. The molecule has 0 unspecified atom stereocenters. The number of nitrogens with one attached hydrogen (secondary N) is 1. The Hall–Kier alpha value is -2.24. The van der Waals surface area contributed by atoms with Gasteiger partial charge in [0.15, 0.2) is 6.10 Å². The lowest BCUT2D eigenvalue weighted by Gasteiger charge is -2.23. The number of rotatable bonds is 7. The van der Waals surface area contributed by atoms with Crippen LogP contribution in [-0.4, -0.2) is 36.4 Å². The third kappa shape index (κ3) is 5.38. The lowest BCUT2D eigenvalue weighted by molar-refractivity contribution is -0.139. The molecule has 0 saturated heterocycles. The Bertz CT molecular complexity index is 748. The van der Waals surface area contributed by atoms with Crippen molar-refractivity contribution >= 4 is 40.7 Å². The fourth-order valence-corrected chi connectivity index (χ4v) is 2.80. The molecule has 0 bridgehead atoms. The number of hydrogen-bond donors (Lipinski definition) is 1. The highest BCUT2D eigenvalue weighted by Crippen LogP contribution is 2.29. The summed E-state index contributed by atoms with van der Waals surface area (Å²) in [6, 6.07) is 14.0. The quantitative estimate of drug-likeness (QED) is 0.763. The number of anilines is 1. The molecule has 0 saturated carbocycles. The van der Waals surface area contributed by atoms with Crippen molar-refractivity contribution in [2.75, 3.05) is 18.9 Å². The molecule has 1 atom stereocenters. The van der Waals surface area contributed by atoms with Gasteiger partial charge in [0.05, 0.1) is 22.3 Å². The topological polar surface area (TPSA) is 58.6 Å². The fraction of sp³-hybridized carbons (Fsp3) is 0.263. The number of para-hydroxylation sites is 2. The summed E-state index contributed by atoms with van der Waals surface area (Å²) in [7, 11) is 1.55. The Morgan fingerprint density at radius 3 is 2.27 bits per heavy atom. The molecule has 7 heteroatoms. The van der Waals surface area contributed by atoms with Gasteiger partial charge in [-0.15, -0.1) is 0 Å². The van der Waals surface area contributed by atoms with Crippen molar-refractivity contribution in [2.24, 2.45) is 0 Å². The summed E-state index contributed by atoms with van der Waals surface area (Å²) < 4.78 is 5.72. The van der Waals surface area contributed by atoms with Crippen LogP contribution >= 0.6 is 23.2 Å². The molecule has 5 nitrogen and oxygen atoms in total. The molecule has 0 aliphatic carbocycles. The van der Waals surface area contributed by atoms with Crippen LogP contribution < -0.4 is 10.1 Å². The first-order valence-electron chi connectivity index (χ1n) is 8.13. The first-order chi connectivity index (χ1) is 12.4. The lowest BCUT2D eigenvalue weighted by atomic mass is 10.2. The Morgan fingerprint density at radius 1 is 1.08 bits per heavy atom. The summed E-state index contributed by atoms with van der Waals surface area (Å²) in [6.07, 6.45) is -0.185. The molecule has 1 N–H and O–H groups in total. The van der Waals surface area contributed by atoms with E-state index in [2.05, 4.69) is 5.32 Å². The third-order valence-corrected chi connectivity index (χ3v) is 4.28.